The van der Waals surface area contributed by atoms with Gasteiger partial charge in [0.05, 0.1) is 5.69 Å². The van der Waals surface area contributed by atoms with E-state index in [1.807, 2.05) is 12.2 Å². The molecule has 3 N–H and O–H groups in total. The number of rotatable bonds is 1. The lowest BCUT2D eigenvalue weighted by atomic mass is 10.1. The predicted molar refractivity (Wildman–Crippen MR) is 118 cm³/mol. The van der Waals surface area contributed by atoms with Gasteiger partial charge in [-0.25, -0.2) is 17.9 Å². The molecule has 1 aliphatic carbocycles. The zero-order valence-corrected chi connectivity index (χ0v) is 19.1. The SMILES string of the molecule is CC(C)(C)OC(=O)N[C@]12C[C@@H]1/C=C/CCCCCNc1ccccc1S(=O)(=O)NC2=O. The van der Waals surface area contributed by atoms with E-state index >= 15 is 0 Å². The number of carbonyl (C=O) groups is 2. The Morgan fingerprint density at radius 3 is 2.68 bits per heavy atom. The second kappa shape index (κ2) is 8.90. The lowest BCUT2D eigenvalue weighted by Gasteiger charge is -2.24. The van der Waals surface area contributed by atoms with Gasteiger partial charge in [-0.3, -0.25) is 4.79 Å². The Hall–Kier alpha value is -2.55. The summed E-state index contributed by atoms with van der Waals surface area (Å²) in [6, 6.07) is 6.47. The number of alkyl carbamates (subject to hydrolysis) is 1. The zero-order valence-electron chi connectivity index (χ0n) is 18.2. The van der Waals surface area contributed by atoms with E-state index in [1.54, 1.807) is 39.0 Å². The quantitative estimate of drug-likeness (QED) is 0.567. The number of ether oxygens (including phenoxy) is 1. The Balaban J connectivity index is 1.90. The standard InChI is InChI=1S/C22H31N3O5S/c1-21(2,3)30-20(27)24-22-15-16(22)11-7-5-4-6-10-14-23-17-12-8-9-13-18(17)31(28,29)25-19(22)26/h7-9,11-13,16,23H,4-6,10,14-15H2,1-3H3,(H,24,27)(H,25,26)/b11-7+/t16-,22+/m0/s1. The number of fused-ring (bicyclic) bond motifs is 2. The summed E-state index contributed by atoms with van der Waals surface area (Å²) >= 11 is 0. The van der Waals surface area contributed by atoms with Gasteiger partial charge in [-0.1, -0.05) is 30.7 Å². The van der Waals surface area contributed by atoms with Crippen LogP contribution in [0.1, 0.15) is 52.9 Å². The van der Waals surface area contributed by atoms with Crippen LogP contribution in [-0.2, 0) is 19.6 Å². The van der Waals surface area contributed by atoms with Gasteiger partial charge in [0.15, 0.2) is 0 Å². The van der Waals surface area contributed by atoms with E-state index in [0.717, 1.165) is 25.7 Å². The summed E-state index contributed by atoms with van der Waals surface area (Å²) in [5, 5.41) is 5.78. The summed E-state index contributed by atoms with van der Waals surface area (Å²) in [5.74, 6) is -1.06. The van der Waals surface area contributed by atoms with E-state index in [0.29, 0.717) is 18.7 Å². The van der Waals surface area contributed by atoms with Crippen LogP contribution in [0.3, 0.4) is 0 Å². The fourth-order valence-corrected chi connectivity index (χ4v) is 4.85. The molecule has 9 heteroatoms. The highest BCUT2D eigenvalue weighted by Crippen LogP contribution is 2.45. The molecule has 0 radical (unpaired) electrons. The van der Waals surface area contributed by atoms with Gasteiger partial charge in [-0.2, -0.15) is 0 Å². The lowest BCUT2D eigenvalue weighted by Crippen LogP contribution is -2.52. The smallest absolute Gasteiger partial charge is 0.408 e. The van der Waals surface area contributed by atoms with Gasteiger partial charge in [0, 0.05) is 12.5 Å². The number of benzene rings is 1. The van der Waals surface area contributed by atoms with Crippen molar-refractivity contribution in [1.29, 1.82) is 0 Å². The summed E-state index contributed by atoms with van der Waals surface area (Å²) in [5.41, 5.74) is -1.65. The summed E-state index contributed by atoms with van der Waals surface area (Å²) in [4.78, 5) is 25.5. The molecule has 8 nitrogen and oxygen atoms in total. The van der Waals surface area contributed by atoms with Crippen molar-refractivity contribution in [2.45, 2.75) is 68.9 Å². The van der Waals surface area contributed by atoms with Crippen LogP contribution in [0.2, 0.25) is 0 Å². The highest BCUT2D eigenvalue weighted by Gasteiger charge is 2.61. The highest BCUT2D eigenvalue weighted by molar-refractivity contribution is 7.90. The second-order valence-corrected chi connectivity index (χ2v) is 10.7. The van der Waals surface area contributed by atoms with Crippen molar-refractivity contribution in [3.05, 3.63) is 36.4 Å². The van der Waals surface area contributed by atoms with Gasteiger partial charge < -0.3 is 15.4 Å². The Kier molecular flexibility index (Phi) is 6.64. The minimum atomic E-state index is -4.14. The van der Waals surface area contributed by atoms with Crippen molar-refractivity contribution in [3.8, 4) is 0 Å². The van der Waals surface area contributed by atoms with Crippen molar-refractivity contribution in [2.75, 3.05) is 11.9 Å². The average molecular weight is 450 g/mol. The molecule has 1 fully saturated rings. The van der Waals surface area contributed by atoms with Crippen molar-refractivity contribution in [3.63, 3.8) is 0 Å². The molecule has 0 bridgehead atoms. The molecule has 0 spiro atoms. The van der Waals surface area contributed by atoms with Gasteiger partial charge in [-0.05, 0) is 58.6 Å². The molecule has 1 heterocycles. The Labute approximate surface area is 183 Å². The fourth-order valence-electron chi connectivity index (χ4n) is 3.63. The molecule has 1 aliphatic heterocycles. The molecule has 0 aromatic heterocycles. The fraction of sp³-hybridized carbons (Fsp3) is 0.545. The maximum Gasteiger partial charge on any atom is 0.408 e. The maximum absolute atomic E-state index is 13.1. The largest absolute Gasteiger partial charge is 0.444 e. The predicted octanol–water partition coefficient (Wildman–Crippen LogP) is 3.32. The molecular formula is C22H31N3O5S. The first-order valence-corrected chi connectivity index (χ1v) is 12.1. The molecule has 2 amide bonds. The number of amides is 2. The molecule has 31 heavy (non-hydrogen) atoms. The zero-order chi connectivity index (χ0) is 22.7. The molecule has 2 atom stereocenters. The third-order valence-corrected chi connectivity index (χ3v) is 6.67. The minimum Gasteiger partial charge on any atom is -0.444 e. The van der Waals surface area contributed by atoms with Gasteiger partial charge in [0.2, 0.25) is 0 Å². The van der Waals surface area contributed by atoms with E-state index in [1.165, 1.54) is 6.07 Å². The summed E-state index contributed by atoms with van der Waals surface area (Å²) in [6.45, 7) is 5.80. The molecule has 1 aromatic rings. The molecule has 170 valence electrons. The first-order chi connectivity index (χ1) is 14.5. The van der Waals surface area contributed by atoms with Gasteiger partial charge in [0.25, 0.3) is 15.9 Å². The molecule has 0 unspecified atom stereocenters. The first-order valence-electron chi connectivity index (χ1n) is 10.6. The highest BCUT2D eigenvalue weighted by atomic mass is 32.2. The third-order valence-electron chi connectivity index (χ3n) is 5.28. The van der Waals surface area contributed by atoms with Crippen LogP contribution in [0.5, 0.6) is 0 Å². The average Bonchev–Trinajstić information content (AvgIpc) is 3.35. The monoisotopic (exact) mass is 449 g/mol. The molecule has 1 saturated carbocycles. The van der Waals surface area contributed by atoms with Crippen molar-refractivity contribution in [1.82, 2.24) is 10.0 Å². The number of allylic oxidation sites excluding steroid dienone is 1. The number of hydrogen-bond acceptors (Lipinski definition) is 6. The van der Waals surface area contributed by atoms with Crippen molar-refractivity contribution in [2.24, 2.45) is 5.92 Å². The molecular weight excluding hydrogens is 418 g/mol. The van der Waals surface area contributed by atoms with E-state index in [-0.39, 0.29) is 10.8 Å². The van der Waals surface area contributed by atoms with E-state index in [4.69, 9.17) is 4.74 Å². The van der Waals surface area contributed by atoms with Crippen LogP contribution in [0, 0.1) is 5.92 Å². The lowest BCUT2D eigenvalue weighted by molar-refractivity contribution is -0.122. The summed E-state index contributed by atoms with van der Waals surface area (Å²) in [6.07, 6.45) is 7.18. The normalized spacial score (nSPS) is 27.1. The van der Waals surface area contributed by atoms with E-state index in [9.17, 15) is 18.0 Å². The second-order valence-electron chi connectivity index (χ2n) is 9.04. The van der Waals surface area contributed by atoms with Gasteiger partial charge >= 0.3 is 6.09 Å². The number of para-hydroxylation sites is 1. The number of anilines is 1. The number of sulfonamides is 1. The van der Waals surface area contributed by atoms with Gasteiger partial charge in [-0.15, -0.1) is 0 Å². The van der Waals surface area contributed by atoms with Crippen LogP contribution in [0.25, 0.3) is 0 Å². The third kappa shape index (κ3) is 5.78. The first kappa shape index (κ1) is 23.1. The van der Waals surface area contributed by atoms with Gasteiger partial charge in [0.1, 0.15) is 16.0 Å². The Morgan fingerprint density at radius 1 is 1.19 bits per heavy atom. The van der Waals surface area contributed by atoms with Crippen molar-refractivity contribution < 1.29 is 22.7 Å². The Bertz CT molecular complexity index is 968. The number of carbonyl (C=O) groups excluding carboxylic acids is 2. The van der Waals surface area contributed by atoms with Crippen molar-refractivity contribution >= 4 is 27.7 Å². The van der Waals surface area contributed by atoms with E-state index in [2.05, 4.69) is 15.4 Å². The topological polar surface area (TPSA) is 114 Å². The summed E-state index contributed by atoms with van der Waals surface area (Å²) < 4.78 is 33.5. The van der Waals surface area contributed by atoms with Crippen LogP contribution in [-0.4, -0.2) is 38.1 Å². The van der Waals surface area contributed by atoms with Crippen LogP contribution in [0.15, 0.2) is 41.3 Å². The molecule has 1 aromatic carbocycles. The van der Waals surface area contributed by atoms with Crippen LogP contribution >= 0.6 is 0 Å². The van der Waals surface area contributed by atoms with Crippen LogP contribution < -0.4 is 15.4 Å². The molecule has 0 saturated heterocycles. The maximum atomic E-state index is 13.1. The molecule has 2 aliphatic rings. The Morgan fingerprint density at radius 2 is 1.94 bits per heavy atom. The minimum absolute atomic E-state index is 0.00150. The summed E-state index contributed by atoms with van der Waals surface area (Å²) in [7, 11) is -4.14. The van der Waals surface area contributed by atoms with E-state index < -0.39 is 33.2 Å². The number of nitrogens with one attached hydrogen (secondary N) is 3. The number of hydrogen-bond donors (Lipinski definition) is 3. The van der Waals surface area contributed by atoms with Crippen LogP contribution in [0.4, 0.5) is 10.5 Å². The molecule has 3 rings (SSSR count).